The Labute approximate surface area is 125 Å². The summed E-state index contributed by atoms with van der Waals surface area (Å²) < 4.78 is 0. The summed E-state index contributed by atoms with van der Waals surface area (Å²) in [6.45, 7) is 1.70. The molecule has 2 rings (SSSR count). The molecule has 0 spiro atoms. The topological polar surface area (TPSA) is 52.7 Å². The molecule has 1 aromatic carbocycles. The fraction of sp³-hybridized carbons (Fsp3) is 0.500. The molecule has 0 bridgehead atoms. The molecule has 0 radical (unpaired) electrons. The van der Waals surface area contributed by atoms with Crippen molar-refractivity contribution in [2.75, 3.05) is 38.6 Å². The van der Waals surface area contributed by atoms with Crippen molar-refractivity contribution in [3.63, 3.8) is 0 Å². The highest BCUT2D eigenvalue weighted by Crippen LogP contribution is 2.13. The summed E-state index contributed by atoms with van der Waals surface area (Å²) in [6, 6.07) is 7.36. The maximum absolute atomic E-state index is 12.1. The molecular formula is C16H23N3O2. The molecule has 0 aliphatic carbocycles. The van der Waals surface area contributed by atoms with Crippen molar-refractivity contribution in [2.24, 2.45) is 0 Å². The molecule has 1 heterocycles. The van der Waals surface area contributed by atoms with Crippen molar-refractivity contribution < 1.29 is 9.59 Å². The minimum absolute atomic E-state index is 0.00631. The average molecular weight is 289 g/mol. The van der Waals surface area contributed by atoms with Crippen LogP contribution in [-0.2, 0) is 4.79 Å². The average Bonchev–Trinajstić information content (AvgIpc) is 2.53. The maximum Gasteiger partial charge on any atom is 0.251 e. The number of benzene rings is 1. The number of anilines is 1. The van der Waals surface area contributed by atoms with Gasteiger partial charge in [0.15, 0.2) is 0 Å². The molecule has 1 saturated heterocycles. The molecular weight excluding hydrogens is 266 g/mol. The number of carbonyl (C=O) groups excluding carboxylic acids is 2. The predicted octanol–water partition coefficient (Wildman–Crippen LogP) is 1.49. The lowest BCUT2D eigenvalue weighted by Gasteiger charge is -2.26. The highest BCUT2D eigenvalue weighted by molar-refractivity contribution is 5.97. The van der Waals surface area contributed by atoms with Crippen molar-refractivity contribution in [1.29, 1.82) is 0 Å². The highest BCUT2D eigenvalue weighted by atomic mass is 16.2. The third-order valence-electron chi connectivity index (χ3n) is 3.73. The molecule has 1 N–H and O–H groups in total. The number of likely N-dealkylation sites (tertiary alicyclic amines) is 1. The minimum atomic E-state index is -0.205. The monoisotopic (exact) mass is 289 g/mol. The second-order valence-electron chi connectivity index (χ2n) is 5.57. The van der Waals surface area contributed by atoms with Crippen LogP contribution in [0.4, 0.5) is 5.69 Å². The first-order valence-corrected chi connectivity index (χ1v) is 7.41. The van der Waals surface area contributed by atoms with E-state index in [2.05, 4.69) is 5.32 Å². The summed E-state index contributed by atoms with van der Waals surface area (Å²) in [5, 5.41) is 2.71. The zero-order chi connectivity index (χ0) is 15.2. The van der Waals surface area contributed by atoms with Gasteiger partial charge in [-0.05, 0) is 37.5 Å². The fourth-order valence-corrected chi connectivity index (χ4v) is 2.44. The fourth-order valence-electron chi connectivity index (χ4n) is 2.44. The lowest BCUT2D eigenvalue weighted by atomic mass is 10.1. The quantitative estimate of drug-likeness (QED) is 0.914. The Kier molecular flexibility index (Phi) is 5.20. The second kappa shape index (κ2) is 7.11. The molecule has 5 heteroatoms. The maximum atomic E-state index is 12.1. The number of rotatable bonds is 4. The predicted molar refractivity (Wildman–Crippen MR) is 83.5 cm³/mol. The molecule has 1 fully saturated rings. The van der Waals surface area contributed by atoms with Crippen LogP contribution in [0.5, 0.6) is 0 Å². The van der Waals surface area contributed by atoms with Crippen molar-refractivity contribution in [2.45, 2.75) is 19.3 Å². The van der Waals surface area contributed by atoms with E-state index in [0.29, 0.717) is 5.56 Å². The van der Waals surface area contributed by atoms with Gasteiger partial charge < -0.3 is 15.1 Å². The van der Waals surface area contributed by atoms with Crippen LogP contribution >= 0.6 is 0 Å². The number of nitrogens with zero attached hydrogens (tertiary/aromatic N) is 2. The highest BCUT2D eigenvalue weighted by Gasteiger charge is 2.17. The second-order valence-corrected chi connectivity index (χ2v) is 5.57. The molecule has 114 valence electrons. The molecule has 0 unspecified atom stereocenters. The number of hydrogen-bond acceptors (Lipinski definition) is 3. The van der Waals surface area contributed by atoms with Gasteiger partial charge in [-0.25, -0.2) is 0 Å². The van der Waals surface area contributed by atoms with Gasteiger partial charge >= 0.3 is 0 Å². The Morgan fingerprint density at radius 2 is 1.90 bits per heavy atom. The molecule has 1 aromatic rings. The van der Waals surface area contributed by atoms with Gasteiger partial charge in [0.25, 0.3) is 5.91 Å². The van der Waals surface area contributed by atoms with Gasteiger partial charge in [-0.2, -0.15) is 0 Å². The number of carbonyl (C=O) groups is 2. The zero-order valence-corrected chi connectivity index (χ0v) is 12.8. The standard InChI is InChI=1S/C16H23N3O2/c1-18(2)14-8-6-7-13(11-14)16(21)17-12-15(20)19-9-4-3-5-10-19/h6-8,11H,3-5,9-10,12H2,1-2H3,(H,17,21). The van der Waals surface area contributed by atoms with Crippen LogP contribution in [0.25, 0.3) is 0 Å². The van der Waals surface area contributed by atoms with Gasteiger partial charge in [0.1, 0.15) is 0 Å². The van der Waals surface area contributed by atoms with Gasteiger partial charge in [0, 0.05) is 38.4 Å². The minimum Gasteiger partial charge on any atom is -0.378 e. The number of piperidine rings is 1. The van der Waals surface area contributed by atoms with E-state index in [-0.39, 0.29) is 18.4 Å². The molecule has 2 amide bonds. The molecule has 5 nitrogen and oxygen atoms in total. The summed E-state index contributed by atoms with van der Waals surface area (Å²) in [5.41, 5.74) is 1.54. The van der Waals surface area contributed by atoms with E-state index in [1.54, 1.807) is 6.07 Å². The van der Waals surface area contributed by atoms with Crippen LogP contribution in [0, 0.1) is 0 Å². The van der Waals surface area contributed by atoms with Gasteiger partial charge in [-0.1, -0.05) is 6.07 Å². The normalized spacial score (nSPS) is 14.7. The van der Waals surface area contributed by atoms with E-state index < -0.39 is 0 Å². The van der Waals surface area contributed by atoms with E-state index in [1.165, 1.54) is 6.42 Å². The lowest BCUT2D eigenvalue weighted by molar-refractivity contribution is -0.130. The summed E-state index contributed by atoms with van der Waals surface area (Å²) in [6.07, 6.45) is 3.31. The summed E-state index contributed by atoms with van der Waals surface area (Å²) in [7, 11) is 3.85. The van der Waals surface area contributed by atoms with Crippen LogP contribution in [-0.4, -0.2) is 50.4 Å². The molecule has 0 atom stereocenters. The molecule has 0 aromatic heterocycles. The molecule has 1 aliphatic heterocycles. The Morgan fingerprint density at radius 3 is 2.57 bits per heavy atom. The largest absolute Gasteiger partial charge is 0.378 e. The smallest absolute Gasteiger partial charge is 0.251 e. The summed E-state index contributed by atoms with van der Waals surface area (Å²) in [4.78, 5) is 27.9. The van der Waals surface area contributed by atoms with Crippen LogP contribution in [0.2, 0.25) is 0 Å². The number of nitrogens with one attached hydrogen (secondary N) is 1. The Morgan fingerprint density at radius 1 is 1.19 bits per heavy atom. The summed E-state index contributed by atoms with van der Waals surface area (Å²) >= 11 is 0. The SMILES string of the molecule is CN(C)c1cccc(C(=O)NCC(=O)N2CCCCC2)c1. The first kappa shape index (κ1) is 15.4. The van der Waals surface area contributed by atoms with Gasteiger partial charge in [-0.15, -0.1) is 0 Å². The van der Waals surface area contributed by atoms with Crippen molar-refractivity contribution in [1.82, 2.24) is 10.2 Å². The first-order chi connectivity index (χ1) is 10.1. The van der Waals surface area contributed by atoms with Crippen LogP contribution in [0.3, 0.4) is 0 Å². The first-order valence-electron chi connectivity index (χ1n) is 7.41. The van der Waals surface area contributed by atoms with Crippen LogP contribution < -0.4 is 10.2 Å². The Bertz CT molecular complexity index is 508. The molecule has 0 saturated carbocycles. The lowest BCUT2D eigenvalue weighted by Crippen LogP contribution is -2.42. The van der Waals surface area contributed by atoms with Crippen molar-refractivity contribution >= 4 is 17.5 Å². The molecule has 21 heavy (non-hydrogen) atoms. The van der Waals surface area contributed by atoms with Gasteiger partial charge in [0.2, 0.25) is 5.91 Å². The van der Waals surface area contributed by atoms with E-state index in [9.17, 15) is 9.59 Å². The number of amides is 2. The van der Waals surface area contributed by atoms with Gasteiger partial charge in [0.05, 0.1) is 6.54 Å². The molecule has 1 aliphatic rings. The van der Waals surface area contributed by atoms with E-state index in [1.807, 2.05) is 42.1 Å². The Balaban J connectivity index is 1.89. The van der Waals surface area contributed by atoms with Crippen LogP contribution in [0.1, 0.15) is 29.6 Å². The zero-order valence-electron chi connectivity index (χ0n) is 12.8. The number of hydrogen-bond donors (Lipinski definition) is 1. The van der Waals surface area contributed by atoms with E-state index in [4.69, 9.17) is 0 Å². The van der Waals surface area contributed by atoms with E-state index in [0.717, 1.165) is 31.6 Å². The van der Waals surface area contributed by atoms with Crippen LogP contribution in [0.15, 0.2) is 24.3 Å². The van der Waals surface area contributed by atoms with Crippen molar-refractivity contribution in [3.05, 3.63) is 29.8 Å². The third-order valence-corrected chi connectivity index (χ3v) is 3.73. The van der Waals surface area contributed by atoms with Crippen molar-refractivity contribution in [3.8, 4) is 0 Å². The summed E-state index contributed by atoms with van der Waals surface area (Å²) in [5.74, 6) is -0.198. The van der Waals surface area contributed by atoms with E-state index >= 15 is 0 Å². The van der Waals surface area contributed by atoms with Gasteiger partial charge in [-0.3, -0.25) is 9.59 Å². The third kappa shape index (κ3) is 4.21. The Hall–Kier alpha value is -2.04.